The number of aryl methyl sites for hydroxylation is 1. The highest BCUT2D eigenvalue weighted by Crippen LogP contribution is 2.37. The first-order valence-electron chi connectivity index (χ1n) is 6.94. The first-order chi connectivity index (χ1) is 9.24. The first-order valence-corrected chi connectivity index (χ1v) is 6.94. The Morgan fingerprint density at radius 2 is 2.00 bits per heavy atom. The molecule has 0 spiro atoms. The van der Waals surface area contributed by atoms with Crippen molar-refractivity contribution in [3.63, 3.8) is 0 Å². The summed E-state index contributed by atoms with van der Waals surface area (Å²) in [4.78, 5) is 4.25. The largest absolute Gasteiger partial charge is 0.384 e. The Balaban J connectivity index is 1.86. The van der Waals surface area contributed by atoms with Crippen molar-refractivity contribution >= 4 is 0 Å². The first kappa shape index (κ1) is 12.4. The zero-order chi connectivity index (χ0) is 13.2. The maximum Gasteiger partial charge on any atom is 0.106 e. The van der Waals surface area contributed by atoms with Crippen molar-refractivity contribution in [1.82, 2.24) is 4.98 Å². The van der Waals surface area contributed by atoms with E-state index < -0.39 is 6.10 Å². The maximum absolute atomic E-state index is 10.4. The number of hydrogen-bond acceptors (Lipinski definition) is 2. The zero-order valence-corrected chi connectivity index (χ0v) is 11.2. The maximum atomic E-state index is 10.4. The van der Waals surface area contributed by atoms with Crippen molar-refractivity contribution in [3.05, 3.63) is 65.0 Å². The summed E-state index contributed by atoms with van der Waals surface area (Å²) < 4.78 is 0. The molecule has 1 fully saturated rings. The van der Waals surface area contributed by atoms with Crippen LogP contribution in [0.2, 0.25) is 0 Å². The van der Waals surface area contributed by atoms with Crippen molar-refractivity contribution in [2.24, 2.45) is 0 Å². The highest BCUT2D eigenvalue weighted by atomic mass is 16.3. The van der Waals surface area contributed by atoms with Crippen LogP contribution in [0, 0.1) is 6.92 Å². The van der Waals surface area contributed by atoms with Crippen molar-refractivity contribution < 1.29 is 5.11 Å². The molecule has 1 unspecified atom stereocenters. The molecule has 1 aromatic heterocycles. The van der Waals surface area contributed by atoms with Gasteiger partial charge in [-0.25, -0.2) is 0 Å². The molecule has 2 aromatic rings. The molecule has 0 amide bonds. The summed E-state index contributed by atoms with van der Waals surface area (Å²) in [6, 6.07) is 12.2. The number of aromatic nitrogens is 1. The molecule has 1 atom stereocenters. The molecule has 1 heterocycles. The van der Waals surface area contributed by atoms with Crippen LogP contribution < -0.4 is 0 Å². The van der Waals surface area contributed by atoms with E-state index in [-0.39, 0.29) is 0 Å². The minimum Gasteiger partial charge on any atom is -0.384 e. The van der Waals surface area contributed by atoms with E-state index in [1.807, 2.05) is 31.2 Å². The third-order valence-electron chi connectivity index (χ3n) is 4.05. The Morgan fingerprint density at radius 1 is 1.16 bits per heavy atom. The molecule has 3 rings (SSSR count). The molecule has 0 bridgehead atoms. The smallest absolute Gasteiger partial charge is 0.106 e. The van der Waals surface area contributed by atoms with Crippen molar-refractivity contribution in [2.45, 2.75) is 38.2 Å². The molecular formula is C17H19NO. The second-order valence-electron chi connectivity index (χ2n) is 5.43. The molecule has 98 valence electrons. The number of pyridine rings is 1. The molecule has 2 heteroatoms. The lowest BCUT2D eigenvalue weighted by Crippen LogP contribution is -2.09. The van der Waals surface area contributed by atoms with Gasteiger partial charge in [0.2, 0.25) is 0 Å². The average Bonchev–Trinajstić information content (AvgIpc) is 2.37. The molecular weight excluding hydrogens is 234 g/mol. The topological polar surface area (TPSA) is 33.1 Å². The van der Waals surface area contributed by atoms with Gasteiger partial charge in [0.05, 0.1) is 0 Å². The highest BCUT2D eigenvalue weighted by Gasteiger charge is 2.20. The van der Waals surface area contributed by atoms with E-state index in [4.69, 9.17) is 0 Å². The van der Waals surface area contributed by atoms with Gasteiger partial charge >= 0.3 is 0 Å². The predicted molar refractivity (Wildman–Crippen MR) is 76.1 cm³/mol. The summed E-state index contributed by atoms with van der Waals surface area (Å²) >= 11 is 0. The Kier molecular flexibility index (Phi) is 3.34. The lowest BCUT2D eigenvalue weighted by atomic mass is 9.79. The number of aliphatic hydroxyl groups excluding tert-OH is 1. The van der Waals surface area contributed by atoms with Crippen molar-refractivity contribution in [2.75, 3.05) is 0 Å². The normalized spacial score (nSPS) is 16.9. The number of aliphatic hydroxyl groups is 1. The minimum atomic E-state index is -0.576. The summed E-state index contributed by atoms with van der Waals surface area (Å²) in [6.07, 6.45) is 5.08. The Bertz CT molecular complexity index is 558. The van der Waals surface area contributed by atoms with Gasteiger partial charge in [-0.1, -0.05) is 36.8 Å². The van der Waals surface area contributed by atoms with E-state index in [0.29, 0.717) is 5.92 Å². The number of hydrogen-bond donors (Lipinski definition) is 1. The predicted octanol–water partition coefficient (Wildman–Crippen LogP) is 3.74. The van der Waals surface area contributed by atoms with Gasteiger partial charge < -0.3 is 5.11 Å². The monoisotopic (exact) mass is 253 g/mol. The summed E-state index contributed by atoms with van der Waals surface area (Å²) in [6.45, 7) is 1.95. The number of benzene rings is 1. The van der Waals surface area contributed by atoms with E-state index in [1.165, 1.54) is 24.8 Å². The summed E-state index contributed by atoms with van der Waals surface area (Å²) in [5, 5.41) is 10.4. The van der Waals surface area contributed by atoms with Gasteiger partial charge in [-0.15, -0.1) is 0 Å². The van der Waals surface area contributed by atoms with E-state index in [1.54, 1.807) is 6.20 Å². The van der Waals surface area contributed by atoms with Gasteiger partial charge in [0, 0.05) is 17.5 Å². The third kappa shape index (κ3) is 2.54. The van der Waals surface area contributed by atoms with Gasteiger partial charge in [0.15, 0.2) is 0 Å². The minimum absolute atomic E-state index is 0.576. The quantitative estimate of drug-likeness (QED) is 0.904. The van der Waals surface area contributed by atoms with Crippen LogP contribution >= 0.6 is 0 Å². The summed E-state index contributed by atoms with van der Waals surface area (Å²) in [5.41, 5.74) is 4.16. The molecule has 1 aliphatic rings. The molecule has 19 heavy (non-hydrogen) atoms. The Labute approximate surface area is 114 Å². The molecule has 1 aliphatic carbocycles. The molecule has 2 nitrogen and oxygen atoms in total. The SMILES string of the molecule is Cc1ccc(C(O)c2cccc(C3CCC3)c2)cn1. The lowest BCUT2D eigenvalue weighted by molar-refractivity contribution is 0.219. The van der Waals surface area contributed by atoms with Crippen LogP contribution in [0.1, 0.15) is 53.7 Å². The summed E-state index contributed by atoms with van der Waals surface area (Å²) in [7, 11) is 0. The van der Waals surface area contributed by atoms with Crippen LogP contribution in [0.15, 0.2) is 42.6 Å². The van der Waals surface area contributed by atoms with Gasteiger partial charge in [0.1, 0.15) is 6.10 Å². The van der Waals surface area contributed by atoms with E-state index in [2.05, 4.69) is 17.1 Å². The highest BCUT2D eigenvalue weighted by molar-refractivity contribution is 5.33. The van der Waals surface area contributed by atoms with E-state index >= 15 is 0 Å². The van der Waals surface area contributed by atoms with Crippen LogP contribution in [0.5, 0.6) is 0 Å². The van der Waals surface area contributed by atoms with Crippen molar-refractivity contribution in [1.29, 1.82) is 0 Å². The molecule has 1 N–H and O–H groups in total. The van der Waals surface area contributed by atoms with Gasteiger partial charge in [-0.3, -0.25) is 4.98 Å². The van der Waals surface area contributed by atoms with Crippen LogP contribution in [-0.4, -0.2) is 10.1 Å². The number of nitrogens with zero attached hydrogens (tertiary/aromatic N) is 1. The van der Waals surface area contributed by atoms with Crippen LogP contribution in [0.4, 0.5) is 0 Å². The van der Waals surface area contributed by atoms with E-state index in [0.717, 1.165) is 16.8 Å². The molecule has 0 aliphatic heterocycles. The Hall–Kier alpha value is -1.67. The lowest BCUT2D eigenvalue weighted by Gasteiger charge is -2.26. The molecule has 0 saturated heterocycles. The second kappa shape index (κ2) is 5.14. The van der Waals surface area contributed by atoms with E-state index in [9.17, 15) is 5.11 Å². The molecule has 0 radical (unpaired) electrons. The van der Waals surface area contributed by atoms with Crippen LogP contribution in [0.3, 0.4) is 0 Å². The summed E-state index contributed by atoms with van der Waals surface area (Å²) in [5.74, 6) is 0.697. The fourth-order valence-electron chi connectivity index (χ4n) is 2.56. The van der Waals surface area contributed by atoms with Crippen LogP contribution in [0.25, 0.3) is 0 Å². The zero-order valence-electron chi connectivity index (χ0n) is 11.2. The second-order valence-corrected chi connectivity index (χ2v) is 5.43. The fraction of sp³-hybridized carbons (Fsp3) is 0.353. The fourth-order valence-corrected chi connectivity index (χ4v) is 2.56. The van der Waals surface area contributed by atoms with Crippen LogP contribution in [-0.2, 0) is 0 Å². The Morgan fingerprint density at radius 3 is 2.63 bits per heavy atom. The number of rotatable bonds is 3. The molecule has 1 saturated carbocycles. The third-order valence-corrected chi connectivity index (χ3v) is 4.05. The van der Waals surface area contributed by atoms with Gasteiger partial charge in [-0.2, -0.15) is 0 Å². The molecule has 1 aromatic carbocycles. The van der Waals surface area contributed by atoms with Gasteiger partial charge in [-0.05, 0) is 42.9 Å². The average molecular weight is 253 g/mol. The standard InChI is InChI=1S/C17H19NO/c1-12-8-9-16(11-18-12)17(19)15-7-3-6-14(10-15)13-4-2-5-13/h3,6-11,13,17,19H,2,4-5H2,1H3. The van der Waals surface area contributed by atoms with Gasteiger partial charge in [0.25, 0.3) is 0 Å². The van der Waals surface area contributed by atoms with Crippen molar-refractivity contribution in [3.8, 4) is 0 Å².